The first-order valence-corrected chi connectivity index (χ1v) is 9.66. The van der Waals surface area contributed by atoms with Crippen LogP contribution in [0.5, 0.6) is 5.75 Å². The molecule has 27 heavy (non-hydrogen) atoms. The molecular formula is C20H29FN2O4. The van der Waals surface area contributed by atoms with E-state index in [4.69, 9.17) is 14.2 Å². The molecule has 1 unspecified atom stereocenters. The number of carbonyl (C=O) groups is 1. The molecule has 2 aliphatic heterocycles. The van der Waals surface area contributed by atoms with Crippen molar-refractivity contribution < 1.29 is 23.4 Å². The number of benzene rings is 1. The number of hydrogen-bond donors (Lipinski definition) is 0. The van der Waals surface area contributed by atoms with Crippen molar-refractivity contribution in [2.45, 2.75) is 31.4 Å². The Hall–Kier alpha value is -1.70. The lowest BCUT2D eigenvalue weighted by Gasteiger charge is -2.42. The van der Waals surface area contributed by atoms with Gasteiger partial charge in [-0.05, 0) is 43.5 Å². The van der Waals surface area contributed by atoms with E-state index in [9.17, 15) is 9.18 Å². The Morgan fingerprint density at radius 1 is 1.22 bits per heavy atom. The fraction of sp³-hybridized carbons (Fsp3) is 0.650. The lowest BCUT2D eigenvalue weighted by molar-refractivity contribution is -0.155. The van der Waals surface area contributed by atoms with Crippen LogP contribution in [0.25, 0.3) is 0 Å². The molecule has 0 bridgehead atoms. The summed E-state index contributed by atoms with van der Waals surface area (Å²) in [5.41, 5.74) is 0. The molecule has 0 aromatic heterocycles. The molecule has 0 aliphatic carbocycles. The molecule has 7 heteroatoms. The van der Waals surface area contributed by atoms with Gasteiger partial charge in [0.2, 0.25) is 5.91 Å². The molecule has 2 saturated heterocycles. The van der Waals surface area contributed by atoms with E-state index < -0.39 is 0 Å². The Morgan fingerprint density at radius 3 is 2.67 bits per heavy atom. The van der Waals surface area contributed by atoms with Crippen molar-refractivity contribution in [1.29, 1.82) is 0 Å². The van der Waals surface area contributed by atoms with Gasteiger partial charge in [0.15, 0.2) is 0 Å². The van der Waals surface area contributed by atoms with Crippen LogP contribution in [0.1, 0.15) is 19.3 Å². The second kappa shape index (κ2) is 10.0. The van der Waals surface area contributed by atoms with Crippen LogP contribution in [0.15, 0.2) is 24.3 Å². The first-order chi connectivity index (χ1) is 13.2. The average molecular weight is 380 g/mol. The highest BCUT2D eigenvalue weighted by atomic mass is 19.1. The van der Waals surface area contributed by atoms with Crippen LogP contribution in [-0.2, 0) is 14.3 Å². The predicted octanol–water partition coefficient (Wildman–Crippen LogP) is 1.93. The number of rotatable bonds is 8. The van der Waals surface area contributed by atoms with Gasteiger partial charge in [-0.25, -0.2) is 4.39 Å². The van der Waals surface area contributed by atoms with E-state index in [-0.39, 0.29) is 30.5 Å². The number of amides is 1. The lowest BCUT2D eigenvalue weighted by atomic mass is 10.0. The number of likely N-dealkylation sites (tertiary alicyclic amines) is 1. The summed E-state index contributed by atoms with van der Waals surface area (Å²) in [5, 5.41) is 0. The normalized spacial score (nSPS) is 22.2. The van der Waals surface area contributed by atoms with Gasteiger partial charge >= 0.3 is 0 Å². The second-order valence-electron chi connectivity index (χ2n) is 7.16. The van der Waals surface area contributed by atoms with Crippen LogP contribution in [0.2, 0.25) is 0 Å². The summed E-state index contributed by atoms with van der Waals surface area (Å²) >= 11 is 0. The highest BCUT2D eigenvalue weighted by molar-refractivity contribution is 5.78. The van der Waals surface area contributed by atoms with Crippen molar-refractivity contribution in [1.82, 2.24) is 9.80 Å². The van der Waals surface area contributed by atoms with Crippen molar-refractivity contribution >= 4 is 5.91 Å². The topological polar surface area (TPSA) is 51.2 Å². The van der Waals surface area contributed by atoms with Gasteiger partial charge < -0.3 is 24.0 Å². The van der Waals surface area contributed by atoms with Crippen LogP contribution in [0, 0.1) is 5.82 Å². The third-order valence-corrected chi connectivity index (χ3v) is 5.23. The van der Waals surface area contributed by atoms with Gasteiger partial charge in [-0.15, -0.1) is 0 Å². The number of hydrogen-bond acceptors (Lipinski definition) is 5. The lowest BCUT2D eigenvalue weighted by Crippen LogP contribution is -2.55. The van der Waals surface area contributed by atoms with Gasteiger partial charge in [0.25, 0.3) is 0 Å². The Labute approximate surface area is 160 Å². The maximum absolute atomic E-state index is 13.0. The molecule has 150 valence electrons. The van der Waals surface area contributed by atoms with Crippen molar-refractivity contribution in [3.05, 3.63) is 30.1 Å². The largest absolute Gasteiger partial charge is 0.491 e. The minimum absolute atomic E-state index is 0.0610. The van der Waals surface area contributed by atoms with Crippen molar-refractivity contribution in [3.63, 3.8) is 0 Å². The summed E-state index contributed by atoms with van der Waals surface area (Å²) in [6, 6.07) is 6.20. The minimum atomic E-state index is -0.290. The van der Waals surface area contributed by atoms with Gasteiger partial charge in [0.1, 0.15) is 30.9 Å². The average Bonchev–Trinajstić information content (AvgIpc) is 2.69. The predicted molar refractivity (Wildman–Crippen MR) is 99.3 cm³/mol. The smallest absolute Gasteiger partial charge is 0.248 e. The molecule has 2 fully saturated rings. The van der Waals surface area contributed by atoms with Gasteiger partial charge in [0.05, 0.1) is 6.54 Å². The molecular weight excluding hydrogens is 351 g/mol. The molecule has 1 aromatic carbocycles. The fourth-order valence-electron chi connectivity index (χ4n) is 3.71. The van der Waals surface area contributed by atoms with Crippen LogP contribution >= 0.6 is 0 Å². The molecule has 0 saturated carbocycles. The molecule has 0 radical (unpaired) electrons. The number of methoxy groups -OCH3 is 1. The molecule has 2 aliphatic rings. The van der Waals surface area contributed by atoms with Crippen molar-refractivity contribution in [3.8, 4) is 5.75 Å². The van der Waals surface area contributed by atoms with Gasteiger partial charge in [-0.2, -0.15) is 0 Å². The Kier molecular flexibility index (Phi) is 7.43. The molecule has 6 nitrogen and oxygen atoms in total. The fourth-order valence-corrected chi connectivity index (χ4v) is 3.71. The summed E-state index contributed by atoms with van der Waals surface area (Å²) in [7, 11) is 1.73. The standard InChI is InChI=1S/C20H29FN2O4/c1-25-12-2-9-22-10-7-17(8-11-22)23-13-19(27-15-20(23)24)14-26-18-5-3-16(21)4-6-18/h3-6,17,19H,2,7-15H2,1H3. The second-order valence-corrected chi connectivity index (χ2v) is 7.16. The molecule has 0 spiro atoms. The maximum Gasteiger partial charge on any atom is 0.248 e. The molecule has 1 aromatic rings. The van der Waals surface area contributed by atoms with Crippen LogP contribution in [0.3, 0.4) is 0 Å². The number of piperidine rings is 1. The van der Waals surface area contributed by atoms with E-state index in [0.717, 1.165) is 45.5 Å². The van der Waals surface area contributed by atoms with E-state index in [1.165, 1.54) is 12.1 Å². The molecule has 0 N–H and O–H groups in total. The van der Waals surface area contributed by atoms with Gasteiger partial charge in [0, 0.05) is 39.4 Å². The quantitative estimate of drug-likeness (QED) is 0.645. The van der Waals surface area contributed by atoms with E-state index in [1.54, 1.807) is 19.2 Å². The first-order valence-electron chi connectivity index (χ1n) is 9.66. The summed E-state index contributed by atoms with van der Waals surface area (Å²) in [5.74, 6) is 0.375. The van der Waals surface area contributed by atoms with E-state index in [1.807, 2.05) is 4.90 Å². The molecule has 3 rings (SSSR count). The van der Waals surface area contributed by atoms with Gasteiger partial charge in [-0.3, -0.25) is 4.79 Å². The first kappa shape index (κ1) is 20.0. The zero-order valence-corrected chi connectivity index (χ0v) is 15.9. The summed E-state index contributed by atoms with van der Waals surface area (Å²) < 4.78 is 29.4. The van der Waals surface area contributed by atoms with E-state index in [2.05, 4.69) is 4.90 Å². The SMILES string of the molecule is COCCCN1CCC(N2CC(COc3ccc(F)cc3)OCC2=O)CC1. The number of halogens is 1. The molecule has 1 amide bonds. The van der Waals surface area contributed by atoms with Crippen LogP contribution in [0.4, 0.5) is 4.39 Å². The highest BCUT2D eigenvalue weighted by Gasteiger charge is 2.33. The van der Waals surface area contributed by atoms with Crippen molar-refractivity contribution in [2.75, 3.05) is 53.1 Å². The maximum atomic E-state index is 13.0. The highest BCUT2D eigenvalue weighted by Crippen LogP contribution is 2.21. The minimum Gasteiger partial charge on any atom is -0.491 e. The Balaban J connectivity index is 1.44. The number of nitrogens with zero attached hydrogens (tertiary/aromatic N) is 2. The Morgan fingerprint density at radius 2 is 1.96 bits per heavy atom. The number of morpholine rings is 1. The zero-order valence-electron chi connectivity index (χ0n) is 15.9. The van der Waals surface area contributed by atoms with Crippen LogP contribution < -0.4 is 4.74 Å². The monoisotopic (exact) mass is 380 g/mol. The molecule has 1 atom stereocenters. The van der Waals surface area contributed by atoms with Crippen LogP contribution in [-0.4, -0.2) is 81.0 Å². The van der Waals surface area contributed by atoms with Gasteiger partial charge in [-0.1, -0.05) is 0 Å². The van der Waals surface area contributed by atoms with E-state index in [0.29, 0.717) is 18.9 Å². The summed E-state index contributed by atoms with van der Waals surface area (Å²) in [6.07, 6.45) is 2.86. The van der Waals surface area contributed by atoms with Crippen molar-refractivity contribution in [2.24, 2.45) is 0 Å². The molecule has 2 heterocycles. The number of ether oxygens (including phenoxy) is 3. The zero-order chi connectivity index (χ0) is 19.1. The summed E-state index contributed by atoms with van der Waals surface area (Å²) in [4.78, 5) is 16.7. The third-order valence-electron chi connectivity index (χ3n) is 5.23. The van der Waals surface area contributed by atoms with E-state index >= 15 is 0 Å². The Bertz CT molecular complexity index is 590. The summed E-state index contributed by atoms with van der Waals surface area (Å²) in [6.45, 7) is 4.86. The number of carbonyl (C=O) groups excluding carboxylic acids is 1. The third kappa shape index (κ3) is 5.89.